The van der Waals surface area contributed by atoms with Crippen molar-refractivity contribution in [2.75, 3.05) is 13.2 Å². The van der Waals surface area contributed by atoms with Gasteiger partial charge in [-0.2, -0.15) is 0 Å². The molecule has 19 heavy (non-hydrogen) atoms. The number of aryl methyl sites for hydroxylation is 1. The summed E-state index contributed by atoms with van der Waals surface area (Å²) in [6.45, 7) is 2.26. The van der Waals surface area contributed by atoms with Crippen LogP contribution in [0, 0.1) is 6.92 Å². The van der Waals surface area contributed by atoms with Crippen LogP contribution >= 0.6 is 0 Å². The van der Waals surface area contributed by atoms with Gasteiger partial charge in [0, 0.05) is 11.8 Å². The maximum Gasteiger partial charge on any atom is 0.0540 e. The first kappa shape index (κ1) is 12.4. The molecule has 1 aliphatic carbocycles. The van der Waals surface area contributed by atoms with Gasteiger partial charge in [-0.3, -0.25) is 0 Å². The molecule has 3 rings (SSSR count). The van der Waals surface area contributed by atoms with E-state index >= 15 is 0 Å². The lowest BCUT2D eigenvalue weighted by Gasteiger charge is -2.32. The molecule has 0 bridgehead atoms. The van der Waals surface area contributed by atoms with Crippen molar-refractivity contribution < 1.29 is 10.2 Å². The monoisotopic (exact) mass is 254 g/mol. The van der Waals surface area contributed by atoms with Gasteiger partial charge in [0.15, 0.2) is 0 Å². The fourth-order valence-electron chi connectivity index (χ4n) is 3.19. The van der Waals surface area contributed by atoms with Crippen LogP contribution in [-0.2, 0) is 0 Å². The molecule has 0 spiro atoms. The zero-order chi connectivity index (χ0) is 13.4. The average Bonchev–Trinajstić information content (AvgIpc) is 2.44. The SMILES string of the molecule is Cc1ccc2c(c1)[C@@H](CO)c1ccccc1[C@H]2CO. The van der Waals surface area contributed by atoms with Crippen LogP contribution in [0.15, 0.2) is 42.5 Å². The molecule has 2 nitrogen and oxygen atoms in total. The normalized spacial score (nSPS) is 20.8. The molecule has 0 amide bonds. The Morgan fingerprint density at radius 3 is 1.89 bits per heavy atom. The Labute approximate surface area is 113 Å². The van der Waals surface area contributed by atoms with E-state index in [4.69, 9.17) is 0 Å². The highest BCUT2D eigenvalue weighted by atomic mass is 16.3. The van der Waals surface area contributed by atoms with E-state index in [1.807, 2.05) is 12.1 Å². The molecule has 0 unspecified atom stereocenters. The topological polar surface area (TPSA) is 40.5 Å². The summed E-state index contributed by atoms with van der Waals surface area (Å²) in [7, 11) is 0. The van der Waals surface area contributed by atoms with E-state index in [-0.39, 0.29) is 25.0 Å². The van der Waals surface area contributed by atoms with Gasteiger partial charge in [0.2, 0.25) is 0 Å². The summed E-state index contributed by atoms with van der Waals surface area (Å²) in [5.74, 6) is 0.0449. The fourth-order valence-corrected chi connectivity index (χ4v) is 3.19. The predicted molar refractivity (Wildman–Crippen MR) is 75.5 cm³/mol. The minimum atomic E-state index is 0.0221. The van der Waals surface area contributed by atoms with Crippen molar-refractivity contribution in [1.29, 1.82) is 0 Å². The summed E-state index contributed by atoms with van der Waals surface area (Å²) in [5, 5.41) is 19.5. The number of hydrogen-bond acceptors (Lipinski definition) is 2. The second-order valence-corrected chi connectivity index (χ2v) is 5.23. The van der Waals surface area contributed by atoms with Crippen molar-refractivity contribution in [2.24, 2.45) is 0 Å². The largest absolute Gasteiger partial charge is 0.395 e. The Bertz CT molecular complexity index is 604. The number of hydrogen-bond donors (Lipinski definition) is 2. The molecule has 0 aliphatic heterocycles. The molecule has 0 fully saturated rings. The van der Waals surface area contributed by atoms with Crippen molar-refractivity contribution in [1.82, 2.24) is 0 Å². The summed E-state index contributed by atoms with van der Waals surface area (Å²) in [6.07, 6.45) is 0. The van der Waals surface area contributed by atoms with Gasteiger partial charge in [0.1, 0.15) is 0 Å². The van der Waals surface area contributed by atoms with Crippen LogP contribution in [-0.4, -0.2) is 23.4 Å². The summed E-state index contributed by atoms with van der Waals surface area (Å²) in [5.41, 5.74) is 5.77. The number of aliphatic hydroxyl groups is 2. The number of rotatable bonds is 2. The standard InChI is InChI=1S/C17H18O2/c1-11-6-7-14-15(8-11)17(10-19)13-5-3-2-4-12(13)16(14)9-18/h2-8,16-19H,9-10H2,1H3/t16-,17+/m1/s1. The van der Waals surface area contributed by atoms with Crippen molar-refractivity contribution in [3.8, 4) is 0 Å². The second-order valence-electron chi connectivity index (χ2n) is 5.23. The zero-order valence-electron chi connectivity index (χ0n) is 11.0. The molecular weight excluding hydrogens is 236 g/mol. The molecule has 2 aromatic rings. The van der Waals surface area contributed by atoms with E-state index in [0.717, 1.165) is 22.3 Å². The molecule has 0 saturated heterocycles. The van der Waals surface area contributed by atoms with Crippen LogP contribution in [0.3, 0.4) is 0 Å². The number of fused-ring (bicyclic) bond motifs is 2. The molecule has 2 atom stereocenters. The molecule has 1 aliphatic rings. The first-order chi connectivity index (χ1) is 9.26. The first-order valence-electron chi connectivity index (χ1n) is 6.67. The predicted octanol–water partition coefficient (Wildman–Crippen LogP) is 2.56. The van der Waals surface area contributed by atoms with Crippen LogP contribution < -0.4 is 0 Å². The lowest BCUT2D eigenvalue weighted by Crippen LogP contribution is -2.22. The smallest absolute Gasteiger partial charge is 0.0540 e. The van der Waals surface area contributed by atoms with E-state index in [9.17, 15) is 10.2 Å². The quantitative estimate of drug-likeness (QED) is 0.864. The van der Waals surface area contributed by atoms with E-state index < -0.39 is 0 Å². The number of aliphatic hydroxyl groups excluding tert-OH is 2. The average molecular weight is 254 g/mol. The fraction of sp³-hybridized carbons (Fsp3) is 0.294. The summed E-state index contributed by atoms with van der Waals surface area (Å²) < 4.78 is 0. The molecule has 2 aromatic carbocycles. The summed E-state index contributed by atoms with van der Waals surface area (Å²) in [6, 6.07) is 14.4. The lowest BCUT2D eigenvalue weighted by molar-refractivity contribution is 0.262. The van der Waals surface area contributed by atoms with Gasteiger partial charge in [0.05, 0.1) is 13.2 Å². The third-order valence-electron chi connectivity index (χ3n) is 4.11. The third kappa shape index (κ3) is 1.88. The van der Waals surface area contributed by atoms with Crippen LogP contribution in [0.25, 0.3) is 0 Å². The van der Waals surface area contributed by atoms with E-state index in [0.29, 0.717) is 0 Å². The van der Waals surface area contributed by atoms with Crippen LogP contribution in [0.5, 0.6) is 0 Å². The highest BCUT2D eigenvalue weighted by Crippen LogP contribution is 2.42. The molecule has 0 heterocycles. The molecule has 0 radical (unpaired) electrons. The van der Waals surface area contributed by atoms with Crippen molar-refractivity contribution in [2.45, 2.75) is 18.8 Å². The van der Waals surface area contributed by atoms with E-state index in [1.54, 1.807) is 0 Å². The van der Waals surface area contributed by atoms with E-state index in [2.05, 4.69) is 37.3 Å². The molecule has 2 heteroatoms. The summed E-state index contributed by atoms with van der Waals surface area (Å²) >= 11 is 0. The maximum atomic E-state index is 9.77. The van der Waals surface area contributed by atoms with Gasteiger partial charge in [-0.25, -0.2) is 0 Å². The minimum absolute atomic E-state index is 0.0221. The molecule has 0 aromatic heterocycles. The summed E-state index contributed by atoms with van der Waals surface area (Å²) in [4.78, 5) is 0. The second kappa shape index (κ2) is 4.80. The van der Waals surface area contributed by atoms with Crippen LogP contribution in [0.1, 0.15) is 39.7 Å². The van der Waals surface area contributed by atoms with Gasteiger partial charge in [0.25, 0.3) is 0 Å². The molecular formula is C17H18O2. The van der Waals surface area contributed by atoms with Crippen LogP contribution in [0.4, 0.5) is 0 Å². The van der Waals surface area contributed by atoms with Crippen molar-refractivity contribution in [3.63, 3.8) is 0 Å². The Morgan fingerprint density at radius 1 is 0.789 bits per heavy atom. The molecule has 0 saturated carbocycles. The first-order valence-corrected chi connectivity index (χ1v) is 6.67. The Balaban J connectivity index is 2.26. The van der Waals surface area contributed by atoms with E-state index in [1.165, 1.54) is 5.56 Å². The Morgan fingerprint density at radius 2 is 1.32 bits per heavy atom. The van der Waals surface area contributed by atoms with Gasteiger partial charge < -0.3 is 10.2 Å². The van der Waals surface area contributed by atoms with Gasteiger partial charge >= 0.3 is 0 Å². The zero-order valence-corrected chi connectivity index (χ0v) is 11.0. The lowest BCUT2D eigenvalue weighted by atomic mass is 9.72. The highest BCUT2D eigenvalue weighted by molar-refractivity contribution is 5.53. The number of benzene rings is 2. The third-order valence-corrected chi connectivity index (χ3v) is 4.11. The van der Waals surface area contributed by atoms with Gasteiger partial charge in [-0.15, -0.1) is 0 Å². The maximum absolute atomic E-state index is 9.77. The van der Waals surface area contributed by atoms with Crippen LogP contribution in [0.2, 0.25) is 0 Å². The molecule has 98 valence electrons. The van der Waals surface area contributed by atoms with Crippen molar-refractivity contribution >= 4 is 0 Å². The van der Waals surface area contributed by atoms with Gasteiger partial charge in [-0.1, -0.05) is 48.0 Å². The Hall–Kier alpha value is -1.64. The molecule has 2 N–H and O–H groups in total. The highest BCUT2D eigenvalue weighted by Gasteiger charge is 2.31. The minimum Gasteiger partial charge on any atom is -0.395 e. The Kier molecular flexibility index (Phi) is 3.13. The van der Waals surface area contributed by atoms with Crippen molar-refractivity contribution in [3.05, 3.63) is 70.3 Å². The van der Waals surface area contributed by atoms with Gasteiger partial charge in [-0.05, 0) is 29.2 Å².